The van der Waals surface area contributed by atoms with Crippen LogP contribution in [0.5, 0.6) is 17.2 Å². The van der Waals surface area contributed by atoms with Gasteiger partial charge in [-0.15, -0.1) is 0 Å². The van der Waals surface area contributed by atoms with Crippen LogP contribution < -0.4 is 25.3 Å². The molecule has 158 valence electrons. The number of benzene rings is 2. The Kier molecular flexibility index (Phi) is 5.44. The van der Waals surface area contributed by atoms with Crippen molar-refractivity contribution in [2.45, 2.75) is 6.92 Å². The van der Waals surface area contributed by atoms with Gasteiger partial charge < -0.3 is 25.3 Å². The smallest absolute Gasteiger partial charge is 0.222 e. The second-order valence-electron chi connectivity index (χ2n) is 6.89. The Balaban J connectivity index is 1.83. The normalized spacial score (nSPS) is 10.7. The zero-order valence-corrected chi connectivity index (χ0v) is 17.8. The van der Waals surface area contributed by atoms with Gasteiger partial charge in [-0.25, -0.2) is 9.97 Å². The van der Waals surface area contributed by atoms with Gasteiger partial charge in [-0.1, -0.05) is 6.07 Å². The lowest BCUT2D eigenvalue weighted by Gasteiger charge is -2.14. The number of nitrogens with one attached hydrogen (secondary N) is 1. The van der Waals surface area contributed by atoms with Gasteiger partial charge in [0.05, 0.1) is 38.2 Å². The van der Waals surface area contributed by atoms with Crippen molar-refractivity contribution >= 4 is 28.5 Å². The van der Waals surface area contributed by atoms with Gasteiger partial charge in [-0.05, 0) is 55.0 Å². The molecule has 2 aromatic carbocycles. The number of anilines is 3. The lowest BCUT2D eigenvalue weighted by molar-refractivity contribution is 0.355. The van der Waals surface area contributed by atoms with E-state index in [2.05, 4.69) is 15.3 Å². The van der Waals surface area contributed by atoms with Gasteiger partial charge in [0.15, 0.2) is 17.3 Å². The fourth-order valence-corrected chi connectivity index (χ4v) is 3.32. The summed E-state index contributed by atoms with van der Waals surface area (Å²) in [6.45, 7) is 2.00. The number of ether oxygens (including phenoxy) is 3. The van der Waals surface area contributed by atoms with Crippen molar-refractivity contribution < 1.29 is 14.2 Å². The Morgan fingerprint density at radius 2 is 1.52 bits per heavy atom. The molecule has 0 radical (unpaired) electrons. The van der Waals surface area contributed by atoms with Crippen LogP contribution in [0.3, 0.4) is 0 Å². The number of hydrogen-bond donors (Lipinski definition) is 2. The van der Waals surface area contributed by atoms with E-state index >= 15 is 0 Å². The summed E-state index contributed by atoms with van der Waals surface area (Å²) < 4.78 is 16.2. The fourth-order valence-electron chi connectivity index (χ4n) is 3.32. The van der Waals surface area contributed by atoms with Gasteiger partial charge in [-0.3, -0.25) is 0 Å². The zero-order chi connectivity index (χ0) is 22.0. The molecule has 2 heterocycles. The standard InChI is InChI=1S/C23H23N5O3/c1-13-5-9-18(29-2)17(11-13)26-22-21-16(27-23(24)28-22)8-7-15(25-21)14-6-10-19(30-3)20(12-14)31-4/h5-12H,1-4H3,(H3,24,26,27,28). The van der Waals surface area contributed by atoms with Crippen LogP contribution in [0.15, 0.2) is 48.5 Å². The molecule has 0 atom stereocenters. The maximum atomic E-state index is 5.95. The molecule has 0 saturated carbocycles. The highest BCUT2D eigenvalue weighted by molar-refractivity contribution is 5.90. The molecular formula is C23H23N5O3. The molecule has 8 nitrogen and oxygen atoms in total. The average Bonchev–Trinajstić information content (AvgIpc) is 2.78. The second kappa shape index (κ2) is 8.35. The third-order valence-electron chi connectivity index (χ3n) is 4.85. The topological polar surface area (TPSA) is 104 Å². The van der Waals surface area contributed by atoms with E-state index < -0.39 is 0 Å². The third-order valence-corrected chi connectivity index (χ3v) is 4.85. The van der Waals surface area contributed by atoms with Gasteiger partial charge in [0.2, 0.25) is 5.95 Å². The number of aryl methyl sites for hydroxylation is 1. The molecule has 0 spiro atoms. The van der Waals surface area contributed by atoms with Gasteiger partial charge in [-0.2, -0.15) is 4.98 Å². The molecule has 0 fully saturated rings. The number of rotatable bonds is 6. The van der Waals surface area contributed by atoms with Crippen LogP contribution in [0, 0.1) is 6.92 Å². The zero-order valence-electron chi connectivity index (χ0n) is 17.8. The number of methoxy groups -OCH3 is 3. The summed E-state index contributed by atoms with van der Waals surface area (Å²) in [5.41, 5.74) is 10.6. The molecule has 0 aliphatic heterocycles. The van der Waals surface area contributed by atoms with Crippen LogP contribution in [0.4, 0.5) is 17.5 Å². The minimum Gasteiger partial charge on any atom is -0.495 e. The van der Waals surface area contributed by atoms with E-state index in [1.54, 1.807) is 21.3 Å². The molecule has 0 aliphatic rings. The highest BCUT2D eigenvalue weighted by Crippen LogP contribution is 2.34. The van der Waals surface area contributed by atoms with Crippen LogP contribution in [-0.4, -0.2) is 36.3 Å². The van der Waals surface area contributed by atoms with Gasteiger partial charge in [0.25, 0.3) is 0 Å². The maximum Gasteiger partial charge on any atom is 0.222 e. The maximum absolute atomic E-state index is 5.95. The molecule has 0 saturated heterocycles. The van der Waals surface area contributed by atoms with Crippen molar-refractivity contribution in [1.29, 1.82) is 0 Å². The summed E-state index contributed by atoms with van der Waals surface area (Å²) in [6, 6.07) is 15.2. The monoisotopic (exact) mass is 417 g/mol. The Bertz CT molecular complexity index is 1260. The number of pyridine rings is 1. The number of nitrogen functional groups attached to an aromatic ring is 1. The molecule has 3 N–H and O–H groups in total. The molecule has 4 aromatic rings. The minimum absolute atomic E-state index is 0.155. The highest BCUT2D eigenvalue weighted by atomic mass is 16.5. The lowest BCUT2D eigenvalue weighted by Crippen LogP contribution is -2.04. The molecule has 2 aromatic heterocycles. The SMILES string of the molecule is COc1ccc(C)cc1Nc1nc(N)nc2ccc(-c3ccc(OC)c(OC)c3)nc12. The molecule has 31 heavy (non-hydrogen) atoms. The second-order valence-corrected chi connectivity index (χ2v) is 6.89. The summed E-state index contributed by atoms with van der Waals surface area (Å²) in [5.74, 6) is 2.61. The van der Waals surface area contributed by atoms with E-state index in [-0.39, 0.29) is 5.95 Å². The van der Waals surface area contributed by atoms with Crippen molar-refractivity contribution in [2.24, 2.45) is 0 Å². The van der Waals surface area contributed by atoms with Crippen molar-refractivity contribution in [3.05, 3.63) is 54.1 Å². The van der Waals surface area contributed by atoms with E-state index in [0.29, 0.717) is 34.1 Å². The highest BCUT2D eigenvalue weighted by Gasteiger charge is 2.14. The molecule has 0 aliphatic carbocycles. The van der Waals surface area contributed by atoms with Crippen LogP contribution in [-0.2, 0) is 0 Å². The molecule has 0 amide bonds. The Morgan fingerprint density at radius 3 is 2.26 bits per heavy atom. The molecule has 0 bridgehead atoms. The largest absolute Gasteiger partial charge is 0.495 e. The van der Waals surface area contributed by atoms with Crippen molar-refractivity contribution in [2.75, 3.05) is 32.4 Å². The van der Waals surface area contributed by atoms with Gasteiger partial charge in [0.1, 0.15) is 11.3 Å². The van der Waals surface area contributed by atoms with E-state index in [9.17, 15) is 0 Å². The average molecular weight is 417 g/mol. The Labute approximate surface area is 180 Å². The first-order valence-electron chi connectivity index (χ1n) is 9.60. The number of aromatic nitrogens is 3. The number of hydrogen-bond acceptors (Lipinski definition) is 8. The first-order chi connectivity index (χ1) is 15.0. The summed E-state index contributed by atoms with van der Waals surface area (Å²) in [6.07, 6.45) is 0. The molecular weight excluding hydrogens is 394 g/mol. The van der Waals surface area contributed by atoms with Crippen molar-refractivity contribution in [3.63, 3.8) is 0 Å². The summed E-state index contributed by atoms with van der Waals surface area (Å²) in [7, 11) is 4.82. The quantitative estimate of drug-likeness (QED) is 0.477. The number of nitrogens with zero attached hydrogens (tertiary/aromatic N) is 3. The first kappa shape index (κ1) is 20.2. The van der Waals surface area contributed by atoms with Crippen LogP contribution in [0.25, 0.3) is 22.3 Å². The number of fused-ring (bicyclic) bond motifs is 1. The Morgan fingerprint density at radius 1 is 0.774 bits per heavy atom. The van der Waals surface area contributed by atoms with Crippen LogP contribution in [0.1, 0.15) is 5.56 Å². The molecule has 0 unspecified atom stereocenters. The van der Waals surface area contributed by atoms with Crippen molar-refractivity contribution in [1.82, 2.24) is 15.0 Å². The van der Waals surface area contributed by atoms with E-state index in [4.69, 9.17) is 24.9 Å². The molecule has 4 rings (SSSR count). The summed E-state index contributed by atoms with van der Waals surface area (Å²) >= 11 is 0. The summed E-state index contributed by atoms with van der Waals surface area (Å²) in [5, 5.41) is 3.30. The molecule has 8 heteroatoms. The predicted molar refractivity (Wildman–Crippen MR) is 121 cm³/mol. The van der Waals surface area contributed by atoms with E-state index in [0.717, 1.165) is 22.5 Å². The predicted octanol–water partition coefficient (Wildman–Crippen LogP) is 4.35. The van der Waals surface area contributed by atoms with Crippen LogP contribution in [0.2, 0.25) is 0 Å². The van der Waals surface area contributed by atoms with Gasteiger partial charge in [0, 0.05) is 5.56 Å². The van der Waals surface area contributed by atoms with E-state index in [1.807, 2.05) is 55.5 Å². The van der Waals surface area contributed by atoms with E-state index in [1.165, 1.54) is 0 Å². The Hall–Kier alpha value is -4.07. The van der Waals surface area contributed by atoms with Crippen LogP contribution >= 0.6 is 0 Å². The number of nitrogens with two attached hydrogens (primary N) is 1. The van der Waals surface area contributed by atoms with Gasteiger partial charge >= 0.3 is 0 Å². The first-order valence-corrected chi connectivity index (χ1v) is 9.60. The lowest BCUT2D eigenvalue weighted by atomic mass is 10.1. The van der Waals surface area contributed by atoms with Crippen molar-refractivity contribution in [3.8, 4) is 28.5 Å². The summed E-state index contributed by atoms with van der Waals surface area (Å²) in [4.78, 5) is 13.5. The minimum atomic E-state index is 0.155. The third kappa shape index (κ3) is 4.00. The fraction of sp³-hybridized carbons (Fsp3) is 0.174.